The molecule has 2 atom stereocenters. The van der Waals surface area contributed by atoms with Gasteiger partial charge in [-0.2, -0.15) is 0 Å². The fraction of sp³-hybridized carbons (Fsp3) is 0.316. The predicted molar refractivity (Wildman–Crippen MR) is 102 cm³/mol. The van der Waals surface area contributed by atoms with Crippen molar-refractivity contribution in [3.05, 3.63) is 64.1 Å². The number of aliphatic hydroxyl groups excluding tert-OH is 1. The predicted octanol–water partition coefficient (Wildman–Crippen LogP) is 3.38. The van der Waals surface area contributed by atoms with Crippen molar-refractivity contribution in [1.82, 2.24) is 4.90 Å². The first-order chi connectivity index (χ1) is 11.9. The third kappa shape index (κ3) is 3.65. The molecule has 0 aliphatic carbocycles. The third-order valence-electron chi connectivity index (χ3n) is 4.51. The number of aliphatic hydroxyl groups is 1. The van der Waals surface area contributed by atoms with Crippen LogP contribution in [0.3, 0.4) is 0 Å². The van der Waals surface area contributed by atoms with Crippen LogP contribution < -0.4 is 10.5 Å². The average molecular weight is 404 g/mol. The molecule has 0 saturated heterocycles. The number of halogens is 1. The minimum absolute atomic E-state index is 0.115. The maximum absolute atomic E-state index is 9.32. The van der Waals surface area contributed by atoms with Gasteiger partial charge in [-0.15, -0.1) is 0 Å². The average Bonchev–Trinajstić information content (AvgIpc) is 2.62. The summed E-state index contributed by atoms with van der Waals surface area (Å²) in [5.41, 5.74) is 7.60. The summed E-state index contributed by atoms with van der Waals surface area (Å²) in [6, 6.07) is 16.0. The molecule has 5 nitrogen and oxygen atoms in total. The Morgan fingerprint density at radius 3 is 2.76 bits per heavy atom. The maximum atomic E-state index is 9.32. The van der Waals surface area contributed by atoms with Crippen LogP contribution in [-0.2, 0) is 5.54 Å². The molecule has 2 unspecified atom stereocenters. The molecular formula is C19H22BrN3O2. The molecule has 0 radical (unpaired) electrons. The number of benzene rings is 2. The van der Waals surface area contributed by atoms with E-state index in [1.54, 1.807) is 7.05 Å². The van der Waals surface area contributed by atoms with Gasteiger partial charge in [-0.25, -0.2) is 4.99 Å². The zero-order chi connectivity index (χ0) is 18.0. The third-order valence-corrected chi connectivity index (χ3v) is 5.00. The summed E-state index contributed by atoms with van der Waals surface area (Å²) < 4.78 is 7.20. The fourth-order valence-corrected chi connectivity index (χ4v) is 3.42. The van der Waals surface area contributed by atoms with E-state index < -0.39 is 5.54 Å². The van der Waals surface area contributed by atoms with Gasteiger partial charge in [0.1, 0.15) is 18.6 Å². The van der Waals surface area contributed by atoms with Gasteiger partial charge >= 0.3 is 0 Å². The highest BCUT2D eigenvalue weighted by Crippen LogP contribution is 2.47. The lowest BCUT2D eigenvalue weighted by Gasteiger charge is -2.38. The second kappa shape index (κ2) is 7.06. The molecule has 132 valence electrons. The Morgan fingerprint density at radius 2 is 2.08 bits per heavy atom. The van der Waals surface area contributed by atoms with Crippen molar-refractivity contribution in [1.29, 1.82) is 0 Å². The van der Waals surface area contributed by atoms with Crippen molar-refractivity contribution in [2.45, 2.75) is 25.0 Å². The second-order valence-electron chi connectivity index (χ2n) is 6.45. The van der Waals surface area contributed by atoms with E-state index in [0.29, 0.717) is 12.4 Å². The number of ether oxygens (including phenoxy) is 1. The Hall–Kier alpha value is -2.05. The quantitative estimate of drug-likeness (QED) is 0.468. The molecule has 3 rings (SSSR count). The molecule has 0 fully saturated rings. The van der Waals surface area contributed by atoms with Crippen molar-refractivity contribution in [2.24, 2.45) is 10.7 Å². The molecule has 6 heteroatoms. The Kier molecular flexibility index (Phi) is 5.01. The van der Waals surface area contributed by atoms with Crippen LogP contribution in [0.4, 0.5) is 0 Å². The van der Waals surface area contributed by atoms with Crippen LogP contribution in [0.25, 0.3) is 0 Å². The monoisotopic (exact) mass is 403 g/mol. The summed E-state index contributed by atoms with van der Waals surface area (Å²) in [7, 11) is 1.71. The standard InChI is InChI=1S/C19H22BrN3O2/c1-19(22-18(21)23(2)12-24)11-17(13-6-4-3-5-7-13)25-16-9-8-14(20)10-15(16)19/h3-10,17,24H,11-12H2,1-2H3,(H2,21,22). The van der Waals surface area contributed by atoms with E-state index in [9.17, 15) is 5.11 Å². The molecule has 2 aromatic rings. The van der Waals surface area contributed by atoms with Gasteiger partial charge in [-0.05, 0) is 30.7 Å². The maximum Gasteiger partial charge on any atom is 0.193 e. The van der Waals surface area contributed by atoms with Crippen LogP contribution in [0.15, 0.2) is 58.0 Å². The lowest BCUT2D eigenvalue weighted by Crippen LogP contribution is -2.39. The first-order valence-corrected chi connectivity index (χ1v) is 8.91. The lowest BCUT2D eigenvalue weighted by molar-refractivity contribution is 0.130. The van der Waals surface area contributed by atoms with Crippen molar-refractivity contribution < 1.29 is 9.84 Å². The number of guanidine groups is 1. The minimum atomic E-state index is -0.564. The van der Waals surface area contributed by atoms with E-state index in [1.165, 1.54) is 4.90 Å². The van der Waals surface area contributed by atoms with Crippen molar-refractivity contribution in [2.75, 3.05) is 13.8 Å². The van der Waals surface area contributed by atoms with Crippen LogP contribution in [0, 0.1) is 0 Å². The van der Waals surface area contributed by atoms with E-state index >= 15 is 0 Å². The molecule has 0 saturated carbocycles. The van der Waals surface area contributed by atoms with E-state index in [0.717, 1.165) is 21.3 Å². The molecule has 1 aliphatic rings. The normalized spacial score (nSPS) is 22.9. The van der Waals surface area contributed by atoms with Gasteiger partial charge in [0, 0.05) is 23.5 Å². The molecule has 0 aromatic heterocycles. The van der Waals surface area contributed by atoms with Gasteiger partial charge in [0.2, 0.25) is 0 Å². The highest BCUT2D eigenvalue weighted by atomic mass is 79.9. The molecule has 1 aliphatic heterocycles. The summed E-state index contributed by atoms with van der Waals surface area (Å²) in [4.78, 5) is 6.27. The molecule has 0 amide bonds. The topological polar surface area (TPSA) is 71.1 Å². The molecule has 3 N–H and O–H groups in total. The van der Waals surface area contributed by atoms with Crippen molar-refractivity contribution in [3.63, 3.8) is 0 Å². The lowest BCUT2D eigenvalue weighted by atomic mass is 9.82. The number of nitrogens with two attached hydrogens (primary N) is 1. The van der Waals surface area contributed by atoms with Crippen molar-refractivity contribution >= 4 is 21.9 Å². The smallest absolute Gasteiger partial charge is 0.193 e. The SMILES string of the molecule is CN(CO)C(N)=NC1(C)CC(c2ccccc2)Oc2ccc(Br)cc21. The van der Waals surface area contributed by atoms with E-state index in [1.807, 2.05) is 36.4 Å². The Labute approximate surface area is 156 Å². The summed E-state index contributed by atoms with van der Waals surface area (Å²) in [6.45, 7) is 1.87. The molecular weight excluding hydrogens is 382 g/mol. The zero-order valence-electron chi connectivity index (χ0n) is 14.3. The number of hydrogen-bond donors (Lipinski definition) is 2. The van der Waals surface area contributed by atoms with Crippen LogP contribution >= 0.6 is 15.9 Å². The van der Waals surface area contributed by atoms with Crippen molar-refractivity contribution in [3.8, 4) is 5.75 Å². The largest absolute Gasteiger partial charge is 0.485 e. The zero-order valence-corrected chi connectivity index (χ0v) is 15.9. The molecule has 0 spiro atoms. The van der Waals surface area contributed by atoms with E-state index in [4.69, 9.17) is 15.5 Å². The number of fused-ring (bicyclic) bond motifs is 1. The summed E-state index contributed by atoms with van der Waals surface area (Å²) >= 11 is 3.53. The fourth-order valence-electron chi connectivity index (χ4n) is 3.06. The van der Waals surface area contributed by atoms with Crippen LogP contribution in [0.1, 0.15) is 30.6 Å². The van der Waals surface area contributed by atoms with Crippen LogP contribution in [0.2, 0.25) is 0 Å². The van der Waals surface area contributed by atoms with Gasteiger partial charge in [0.25, 0.3) is 0 Å². The first-order valence-electron chi connectivity index (χ1n) is 8.12. The number of nitrogens with zero attached hydrogens (tertiary/aromatic N) is 2. The second-order valence-corrected chi connectivity index (χ2v) is 7.36. The molecule has 25 heavy (non-hydrogen) atoms. The van der Waals surface area contributed by atoms with E-state index in [2.05, 4.69) is 35.0 Å². The molecule has 1 heterocycles. The number of rotatable bonds is 3. The number of hydrogen-bond acceptors (Lipinski definition) is 3. The Bertz CT molecular complexity index is 781. The Morgan fingerprint density at radius 1 is 1.36 bits per heavy atom. The first kappa shape index (κ1) is 17.8. The molecule has 0 bridgehead atoms. The van der Waals surface area contributed by atoms with Crippen LogP contribution in [0.5, 0.6) is 5.75 Å². The highest BCUT2D eigenvalue weighted by molar-refractivity contribution is 9.10. The van der Waals surface area contributed by atoms with Gasteiger partial charge in [0.15, 0.2) is 5.96 Å². The summed E-state index contributed by atoms with van der Waals surface area (Å²) in [5.74, 6) is 1.10. The van der Waals surface area contributed by atoms with Gasteiger partial charge < -0.3 is 20.5 Å². The minimum Gasteiger partial charge on any atom is -0.485 e. The summed E-state index contributed by atoms with van der Waals surface area (Å²) in [6.07, 6.45) is 0.538. The highest BCUT2D eigenvalue weighted by Gasteiger charge is 2.39. The van der Waals surface area contributed by atoms with Gasteiger partial charge in [-0.1, -0.05) is 46.3 Å². The summed E-state index contributed by atoms with van der Waals surface area (Å²) in [5, 5.41) is 9.32. The van der Waals surface area contributed by atoms with Crippen LogP contribution in [-0.4, -0.2) is 29.7 Å². The van der Waals surface area contributed by atoms with Gasteiger partial charge in [0.05, 0.1) is 5.54 Å². The Balaban J connectivity index is 2.07. The van der Waals surface area contributed by atoms with E-state index in [-0.39, 0.29) is 12.8 Å². The molecule has 2 aromatic carbocycles. The van der Waals surface area contributed by atoms with Gasteiger partial charge in [-0.3, -0.25) is 0 Å². The number of aliphatic imine (C=N–C) groups is 1.